The summed E-state index contributed by atoms with van der Waals surface area (Å²) in [6.45, 7) is 8.14. The van der Waals surface area contributed by atoms with E-state index in [1.165, 1.54) is 24.7 Å². The van der Waals surface area contributed by atoms with Crippen LogP contribution in [0.25, 0.3) is 11.0 Å². The van der Waals surface area contributed by atoms with Gasteiger partial charge >= 0.3 is 7.12 Å². The molecule has 1 aromatic carbocycles. The van der Waals surface area contributed by atoms with Crippen molar-refractivity contribution in [2.75, 3.05) is 23.3 Å². The van der Waals surface area contributed by atoms with Crippen molar-refractivity contribution in [1.82, 2.24) is 24.2 Å². The summed E-state index contributed by atoms with van der Waals surface area (Å²) in [6.07, 6.45) is 2.42. The lowest BCUT2D eigenvalue weighted by molar-refractivity contribution is 0.405. The van der Waals surface area contributed by atoms with Crippen LogP contribution in [0.2, 0.25) is 0 Å². The molecule has 2 atom stereocenters. The third-order valence-corrected chi connectivity index (χ3v) is 8.21. The molecule has 1 aliphatic rings. The summed E-state index contributed by atoms with van der Waals surface area (Å²) < 4.78 is 27.8. The van der Waals surface area contributed by atoms with Crippen LogP contribution in [0.1, 0.15) is 25.1 Å². The minimum atomic E-state index is -4.05. The van der Waals surface area contributed by atoms with Gasteiger partial charge < -0.3 is 25.6 Å². The largest absolute Gasteiger partial charge is 0.490 e. The van der Waals surface area contributed by atoms with Gasteiger partial charge in [0.05, 0.1) is 22.5 Å². The zero-order valence-electron chi connectivity index (χ0n) is 21.4. The molecule has 38 heavy (non-hydrogen) atoms. The highest BCUT2D eigenvalue weighted by Crippen LogP contribution is 2.25. The lowest BCUT2D eigenvalue weighted by Crippen LogP contribution is -2.54. The first kappa shape index (κ1) is 26.1. The van der Waals surface area contributed by atoms with Crippen LogP contribution in [0.5, 0.6) is 0 Å². The highest BCUT2D eigenvalue weighted by atomic mass is 32.2. The smallest absolute Gasteiger partial charge is 0.423 e. The van der Waals surface area contributed by atoms with E-state index in [-0.39, 0.29) is 33.8 Å². The highest BCUT2D eigenvalue weighted by molar-refractivity contribution is 7.90. The predicted molar refractivity (Wildman–Crippen MR) is 147 cm³/mol. The van der Waals surface area contributed by atoms with Crippen molar-refractivity contribution in [2.45, 2.75) is 44.3 Å². The molecule has 1 fully saturated rings. The quantitative estimate of drug-likeness (QED) is 0.251. The minimum Gasteiger partial charge on any atom is -0.423 e. The molecule has 1 aliphatic heterocycles. The molecule has 0 unspecified atom stereocenters. The van der Waals surface area contributed by atoms with Gasteiger partial charge in [0, 0.05) is 36.8 Å². The van der Waals surface area contributed by atoms with Crippen molar-refractivity contribution >= 4 is 45.3 Å². The van der Waals surface area contributed by atoms with Crippen molar-refractivity contribution in [3.8, 4) is 0 Å². The first-order valence-electron chi connectivity index (χ1n) is 12.4. The molecule has 3 aromatic heterocycles. The second-order valence-electron chi connectivity index (χ2n) is 9.71. The van der Waals surface area contributed by atoms with E-state index in [2.05, 4.69) is 39.3 Å². The molecule has 0 spiro atoms. The van der Waals surface area contributed by atoms with Gasteiger partial charge in [0.25, 0.3) is 10.0 Å². The Morgan fingerprint density at radius 2 is 1.79 bits per heavy atom. The highest BCUT2D eigenvalue weighted by Gasteiger charge is 2.29. The Bertz CT molecular complexity index is 1550. The zero-order valence-corrected chi connectivity index (χ0v) is 22.2. The van der Waals surface area contributed by atoms with E-state index in [9.17, 15) is 18.5 Å². The third-order valence-electron chi connectivity index (χ3n) is 6.55. The van der Waals surface area contributed by atoms with Crippen LogP contribution < -0.4 is 21.0 Å². The van der Waals surface area contributed by atoms with Gasteiger partial charge in [-0.25, -0.2) is 27.3 Å². The van der Waals surface area contributed by atoms with E-state index in [4.69, 9.17) is 4.98 Å². The molecule has 5 rings (SSSR count). The maximum absolute atomic E-state index is 13.4. The number of pyridine rings is 1. The fourth-order valence-corrected chi connectivity index (χ4v) is 6.15. The van der Waals surface area contributed by atoms with Gasteiger partial charge in [0.2, 0.25) is 0 Å². The molecular formula is C25H30BN7O4S. The topological polar surface area (TPSA) is 146 Å². The van der Waals surface area contributed by atoms with Crippen LogP contribution >= 0.6 is 0 Å². The molecule has 13 heteroatoms. The van der Waals surface area contributed by atoms with Crippen LogP contribution in [0.15, 0.2) is 59.9 Å². The van der Waals surface area contributed by atoms with Crippen molar-refractivity contribution in [2.24, 2.45) is 0 Å². The Labute approximate surface area is 221 Å². The molecule has 1 saturated heterocycles. The molecule has 0 bridgehead atoms. The summed E-state index contributed by atoms with van der Waals surface area (Å²) in [5.41, 5.74) is 1.69. The number of anilines is 2. The Hall–Kier alpha value is -3.52. The molecule has 0 saturated carbocycles. The van der Waals surface area contributed by atoms with Crippen molar-refractivity contribution in [3.05, 3.63) is 66.2 Å². The van der Waals surface area contributed by atoms with E-state index < -0.39 is 17.1 Å². The van der Waals surface area contributed by atoms with Crippen molar-refractivity contribution in [1.29, 1.82) is 0 Å². The minimum absolute atomic E-state index is 0.0238. The summed E-state index contributed by atoms with van der Waals surface area (Å²) in [6, 6.07) is 12.9. The second-order valence-corrected chi connectivity index (χ2v) is 11.5. The Morgan fingerprint density at radius 1 is 1.08 bits per heavy atom. The number of rotatable bonds is 7. The maximum atomic E-state index is 13.4. The van der Waals surface area contributed by atoms with Crippen LogP contribution in [0.4, 0.5) is 11.6 Å². The Morgan fingerprint density at radius 3 is 2.47 bits per heavy atom. The van der Waals surface area contributed by atoms with Gasteiger partial charge in [-0.2, -0.15) is 0 Å². The zero-order chi connectivity index (χ0) is 27.0. The summed E-state index contributed by atoms with van der Waals surface area (Å²) >= 11 is 0. The number of nitrogens with zero attached hydrogens (tertiary/aromatic N) is 5. The Balaban J connectivity index is 1.47. The maximum Gasteiger partial charge on any atom is 0.490 e. The number of fused-ring (bicyclic) bond motifs is 1. The molecule has 4 aromatic rings. The van der Waals surface area contributed by atoms with E-state index in [1.807, 2.05) is 25.1 Å². The molecular weight excluding hydrogens is 505 g/mol. The number of piperazine rings is 1. The fraction of sp³-hybridized carbons (Fsp3) is 0.320. The van der Waals surface area contributed by atoms with Crippen molar-refractivity contribution in [3.63, 3.8) is 0 Å². The summed E-state index contributed by atoms with van der Waals surface area (Å²) in [5.74, 6) is 1.15. The monoisotopic (exact) mass is 535 g/mol. The van der Waals surface area contributed by atoms with Crippen molar-refractivity contribution < 1.29 is 18.5 Å². The number of aromatic nitrogens is 4. The number of nitrogens with one attached hydrogen (secondary N) is 2. The predicted octanol–water partition coefficient (Wildman–Crippen LogP) is 0.850. The molecule has 0 radical (unpaired) electrons. The number of aryl methyl sites for hydroxylation is 1. The summed E-state index contributed by atoms with van der Waals surface area (Å²) in [5, 5.41) is 27.1. The van der Waals surface area contributed by atoms with Crippen LogP contribution in [0, 0.1) is 6.92 Å². The van der Waals surface area contributed by atoms with E-state index in [0.29, 0.717) is 12.1 Å². The normalized spacial score (nSPS) is 18.1. The van der Waals surface area contributed by atoms with Crippen LogP contribution in [-0.2, 0) is 16.6 Å². The lowest BCUT2D eigenvalue weighted by atomic mass is 9.80. The number of hydrogen-bond donors (Lipinski definition) is 4. The van der Waals surface area contributed by atoms with E-state index in [1.54, 1.807) is 12.1 Å². The molecule has 0 aliphatic carbocycles. The second kappa shape index (κ2) is 10.3. The van der Waals surface area contributed by atoms with E-state index in [0.717, 1.165) is 34.1 Å². The van der Waals surface area contributed by atoms with Gasteiger partial charge in [-0.15, -0.1) is 0 Å². The molecule has 11 nitrogen and oxygen atoms in total. The van der Waals surface area contributed by atoms with Gasteiger partial charge in [0.1, 0.15) is 18.0 Å². The molecule has 198 valence electrons. The first-order valence-corrected chi connectivity index (χ1v) is 13.8. The average Bonchev–Trinajstić information content (AvgIpc) is 3.29. The van der Waals surface area contributed by atoms with Gasteiger partial charge in [-0.3, -0.25) is 0 Å². The van der Waals surface area contributed by atoms with Gasteiger partial charge in [0.15, 0.2) is 5.65 Å². The number of benzene rings is 1. The average molecular weight is 535 g/mol. The lowest BCUT2D eigenvalue weighted by Gasteiger charge is -2.37. The van der Waals surface area contributed by atoms with Crippen LogP contribution in [-0.4, -0.2) is 69.7 Å². The molecule has 4 N–H and O–H groups in total. The Kier molecular flexibility index (Phi) is 7.10. The molecule has 4 heterocycles. The number of hydrogen-bond acceptors (Lipinski definition) is 10. The first-order chi connectivity index (χ1) is 18.1. The van der Waals surface area contributed by atoms with E-state index >= 15 is 0 Å². The summed E-state index contributed by atoms with van der Waals surface area (Å²) in [4.78, 5) is 15.6. The standard InChI is InChI=1S/C25H30BN7O4S/c1-16-7-9-20(10-8-16)38(36,37)33-14-21(26(34)35)23-24(28-15-29-25(23)33)27-11-19-5-4-6-22(31-19)32-12-17(2)30-18(3)13-32/h4-10,14-15,17-18,30,34-35H,11-13H2,1-3H3,(H,27,28,29)/t17-,18+. The fourth-order valence-electron chi connectivity index (χ4n) is 4.83. The summed E-state index contributed by atoms with van der Waals surface area (Å²) in [7, 11) is -5.99. The third kappa shape index (κ3) is 5.10. The van der Waals surface area contributed by atoms with Gasteiger partial charge in [-0.1, -0.05) is 23.8 Å². The SMILES string of the molecule is Cc1ccc(S(=O)(=O)n2cc(B(O)O)c3c(NCc4cccc(N5C[C@@H](C)N[C@@H](C)C5)n4)ncnc32)cc1. The van der Waals surface area contributed by atoms with Gasteiger partial charge in [-0.05, 0) is 45.0 Å². The molecule has 0 amide bonds. The van der Waals surface area contributed by atoms with Crippen LogP contribution in [0.3, 0.4) is 0 Å².